The van der Waals surface area contributed by atoms with Crippen LogP contribution >= 0.6 is 0 Å². The van der Waals surface area contributed by atoms with Crippen molar-refractivity contribution in [3.05, 3.63) is 35.4 Å². The largest absolute Gasteiger partial charge is 0.353 e. The van der Waals surface area contributed by atoms with E-state index in [9.17, 15) is 8.78 Å². The number of halogens is 2. The lowest BCUT2D eigenvalue weighted by Gasteiger charge is -2.38. The van der Waals surface area contributed by atoms with Crippen LogP contribution in [0.5, 0.6) is 0 Å². The summed E-state index contributed by atoms with van der Waals surface area (Å²) in [5.74, 6) is -1.12. The summed E-state index contributed by atoms with van der Waals surface area (Å²) in [5.41, 5.74) is 0.739. The van der Waals surface area contributed by atoms with Crippen LogP contribution in [0.2, 0.25) is 0 Å². The molecule has 0 radical (unpaired) electrons. The standard InChI is InChI=1S/C25H42F2O2/c1-5-7-8-9-10-13-16-22(25(6-2,28-3)29-4)17-14-11-12-15-21-18-23(26)20-24(27)19-21/h18-20,22H,5-17H2,1-4H3. The van der Waals surface area contributed by atoms with E-state index in [0.29, 0.717) is 12.3 Å². The molecule has 0 spiro atoms. The van der Waals surface area contributed by atoms with Crippen LogP contribution < -0.4 is 0 Å². The van der Waals surface area contributed by atoms with Crippen molar-refractivity contribution in [3.8, 4) is 0 Å². The monoisotopic (exact) mass is 412 g/mol. The van der Waals surface area contributed by atoms with Gasteiger partial charge in [-0.1, -0.05) is 65.2 Å². The summed E-state index contributed by atoms with van der Waals surface area (Å²) >= 11 is 0. The third-order valence-electron chi connectivity index (χ3n) is 6.15. The Labute approximate surface area is 177 Å². The van der Waals surface area contributed by atoms with Crippen molar-refractivity contribution >= 4 is 0 Å². The topological polar surface area (TPSA) is 18.5 Å². The van der Waals surface area contributed by atoms with Crippen LogP contribution in [0.3, 0.4) is 0 Å². The first-order valence-electron chi connectivity index (χ1n) is 11.6. The van der Waals surface area contributed by atoms with E-state index in [1.807, 2.05) is 0 Å². The summed E-state index contributed by atoms with van der Waals surface area (Å²) < 4.78 is 38.3. The minimum Gasteiger partial charge on any atom is -0.353 e. The van der Waals surface area contributed by atoms with E-state index in [0.717, 1.165) is 50.2 Å². The third kappa shape index (κ3) is 9.57. The van der Waals surface area contributed by atoms with E-state index >= 15 is 0 Å². The maximum absolute atomic E-state index is 13.3. The van der Waals surface area contributed by atoms with Crippen LogP contribution in [0.15, 0.2) is 18.2 Å². The fourth-order valence-electron chi connectivity index (χ4n) is 4.40. The molecule has 0 N–H and O–H groups in total. The van der Waals surface area contributed by atoms with Gasteiger partial charge < -0.3 is 9.47 Å². The van der Waals surface area contributed by atoms with Gasteiger partial charge in [-0.2, -0.15) is 0 Å². The van der Waals surface area contributed by atoms with Gasteiger partial charge in [-0.15, -0.1) is 0 Å². The van der Waals surface area contributed by atoms with Crippen LogP contribution in [0.1, 0.15) is 96.5 Å². The Morgan fingerprint density at radius 3 is 1.79 bits per heavy atom. The van der Waals surface area contributed by atoms with E-state index in [2.05, 4.69) is 13.8 Å². The van der Waals surface area contributed by atoms with Gasteiger partial charge in [0.25, 0.3) is 0 Å². The van der Waals surface area contributed by atoms with Crippen molar-refractivity contribution in [1.29, 1.82) is 0 Å². The summed E-state index contributed by atoms with van der Waals surface area (Å²) in [6.45, 7) is 4.37. The first kappa shape index (κ1) is 26.0. The lowest BCUT2D eigenvalue weighted by molar-refractivity contribution is -0.244. The molecule has 0 aromatic heterocycles. The second-order valence-corrected chi connectivity index (χ2v) is 8.20. The summed E-state index contributed by atoms with van der Waals surface area (Å²) in [7, 11) is 3.50. The zero-order valence-electron chi connectivity index (χ0n) is 19.1. The minimum absolute atomic E-state index is 0.375. The Morgan fingerprint density at radius 2 is 1.28 bits per heavy atom. The summed E-state index contributed by atoms with van der Waals surface area (Å²) in [6.07, 6.45) is 14.5. The molecule has 0 fully saturated rings. The molecule has 0 heterocycles. The molecule has 1 rings (SSSR count). The molecule has 0 aliphatic carbocycles. The maximum Gasteiger partial charge on any atom is 0.170 e. The zero-order chi connectivity index (χ0) is 21.5. The molecule has 1 aromatic rings. The second-order valence-electron chi connectivity index (χ2n) is 8.20. The van der Waals surface area contributed by atoms with Crippen molar-refractivity contribution < 1.29 is 18.3 Å². The molecule has 2 nitrogen and oxygen atoms in total. The molecule has 168 valence electrons. The van der Waals surface area contributed by atoms with E-state index < -0.39 is 17.4 Å². The van der Waals surface area contributed by atoms with E-state index in [4.69, 9.17) is 9.47 Å². The molecule has 29 heavy (non-hydrogen) atoms. The molecule has 1 unspecified atom stereocenters. The van der Waals surface area contributed by atoms with Gasteiger partial charge in [0.05, 0.1) is 0 Å². The number of ether oxygens (including phenoxy) is 2. The van der Waals surface area contributed by atoms with Crippen molar-refractivity contribution in [2.75, 3.05) is 14.2 Å². The Balaban J connectivity index is 2.46. The van der Waals surface area contributed by atoms with Gasteiger partial charge in [-0.05, 0) is 49.8 Å². The first-order valence-corrected chi connectivity index (χ1v) is 11.6. The van der Waals surface area contributed by atoms with Gasteiger partial charge in [-0.3, -0.25) is 0 Å². The Kier molecular flexibility index (Phi) is 13.4. The Morgan fingerprint density at radius 1 is 0.759 bits per heavy atom. The van der Waals surface area contributed by atoms with Crippen molar-refractivity contribution in [2.45, 2.75) is 103 Å². The van der Waals surface area contributed by atoms with E-state index in [1.165, 1.54) is 50.7 Å². The second kappa shape index (κ2) is 14.9. The normalized spacial score (nSPS) is 13.0. The average Bonchev–Trinajstić information content (AvgIpc) is 2.70. The highest BCUT2D eigenvalue weighted by Crippen LogP contribution is 2.34. The Bertz CT molecular complexity index is 515. The quantitative estimate of drug-likeness (QED) is 0.192. The molecular weight excluding hydrogens is 370 g/mol. The Hall–Kier alpha value is -1.00. The van der Waals surface area contributed by atoms with Crippen LogP contribution in [0.4, 0.5) is 8.78 Å². The van der Waals surface area contributed by atoms with Gasteiger partial charge >= 0.3 is 0 Å². The van der Waals surface area contributed by atoms with Gasteiger partial charge in [0.15, 0.2) is 5.79 Å². The lowest BCUT2D eigenvalue weighted by atomic mass is 9.85. The fourth-order valence-corrected chi connectivity index (χ4v) is 4.40. The van der Waals surface area contributed by atoms with Crippen LogP contribution in [-0.2, 0) is 15.9 Å². The number of aryl methyl sites for hydroxylation is 1. The number of hydrogen-bond acceptors (Lipinski definition) is 2. The van der Waals surface area contributed by atoms with E-state index in [-0.39, 0.29) is 0 Å². The number of benzene rings is 1. The maximum atomic E-state index is 13.3. The van der Waals surface area contributed by atoms with Gasteiger partial charge in [0, 0.05) is 26.2 Å². The molecule has 4 heteroatoms. The van der Waals surface area contributed by atoms with Crippen molar-refractivity contribution in [3.63, 3.8) is 0 Å². The van der Waals surface area contributed by atoms with Gasteiger partial charge in [0.1, 0.15) is 11.6 Å². The lowest BCUT2D eigenvalue weighted by Crippen LogP contribution is -2.41. The number of hydrogen-bond donors (Lipinski definition) is 0. The summed E-state index contributed by atoms with van der Waals surface area (Å²) in [4.78, 5) is 0. The molecule has 0 bridgehead atoms. The smallest absolute Gasteiger partial charge is 0.170 e. The van der Waals surface area contributed by atoms with Crippen LogP contribution in [-0.4, -0.2) is 20.0 Å². The predicted octanol–water partition coefficient (Wildman–Crippen LogP) is 7.83. The summed E-state index contributed by atoms with van der Waals surface area (Å²) in [5, 5.41) is 0. The first-order chi connectivity index (χ1) is 14.0. The van der Waals surface area contributed by atoms with Crippen LogP contribution in [0, 0.1) is 17.6 Å². The average molecular weight is 413 g/mol. The summed E-state index contributed by atoms with van der Waals surface area (Å²) in [6, 6.07) is 3.79. The highest BCUT2D eigenvalue weighted by atomic mass is 19.1. The molecular formula is C25H42F2O2. The van der Waals surface area contributed by atoms with E-state index in [1.54, 1.807) is 14.2 Å². The predicted molar refractivity (Wildman–Crippen MR) is 117 cm³/mol. The molecule has 0 saturated carbocycles. The SMILES string of the molecule is CCCCCCCCC(CCCCCc1cc(F)cc(F)c1)C(CC)(OC)OC. The van der Waals surface area contributed by atoms with Gasteiger partial charge in [0.2, 0.25) is 0 Å². The number of methoxy groups -OCH3 is 2. The molecule has 0 saturated heterocycles. The zero-order valence-corrected chi connectivity index (χ0v) is 19.1. The number of rotatable bonds is 17. The number of unbranched alkanes of at least 4 members (excludes halogenated alkanes) is 7. The molecule has 0 aliphatic rings. The van der Waals surface area contributed by atoms with Crippen molar-refractivity contribution in [1.82, 2.24) is 0 Å². The molecule has 0 aliphatic heterocycles. The minimum atomic E-state index is -0.505. The molecule has 1 aromatic carbocycles. The van der Waals surface area contributed by atoms with Crippen molar-refractivity contribution in [2.24, 2.45) is 5.92 Å². The highest BCUT2D eigenvalue weighted by molar-refractivity contribution is 5.17. The fraction of sp³-hybridized carbons (Fsp3) is 0.760. The molecule has 1 atom stereocenters. The highest BCUT2D eigenvalue weighted by Gasteiger charge is 2.36. The molecule has 0 amide bonds. The third-order valence-corrected chi connectivity index (χ3v) is 6.15. The van der Waals surface area contributed by atoms with Crippen LogP contribution in [0.25, 0.3) is 0 Å². The van der Waals surface area contributed by atoms with Gasteiger partial charge in [-0.25, -0.2) is 8.78 Å².